The van der Waals surface area contributed by atoms with Crippen molar-refractivity contribution in [3.05, 3.63) is 102 Å². The Morgan fingerprint density at radius 2 is 1.59 bits per heavy atom. The fourth-order valence-electron chi connectivity index (χ4n) is 3.40. The van der Waals surface area contributed by atoms with Gasteiger partial charge in [0.1, 0.15) is 11.5 Å². The number of carbonyl (C=O) groups excluding carboxylic acids is 2. The van der Waals surface area contributed by atoms with Gasteiger partial charge < -0.3 is 19.2 Å². The maximum Gasteiger partial charge on any atom is 0.361 e. The number of nitrogens with zero attached hydrogens (tertiary/aromatic N) is 1. The lowest BCUT2D eigenvalue weighted by molar-refractivity contribution is -0.125. The lowest BCUT2D eigenvalue weighted by Crippen LogP contribution is -2.26. The van der Waals surface area contributed by atoms with Crippen LogP contribution in [0.15, 0.2) is 89.3 Å². The van der Waals surface area contributed by atoms with Crippen molar-refractivity contribution in [1.82, 2.24) is 4.98 Å². The molecule has 1 heterocycles. The molecule has 7 heteroatoms. The minimum Gasteiger partial charge on any atom is -0.492 e. The average molecular weight is 456 g/mol. The van der Waals surface area contributed by atoms with Crippen molar-refractivity contribution in [1.29, 1.82) is 0 Å². The normalized spacial score (nSPS) is 11.5. The third-order valence-electron chi connectivity index (χ3n) is 5.02. The fourth-order valence-corrected chi connectivity index (χ4v) is 3.40. The highest BCUT2D eigenvalue weighted by atomic mass is 16.5. The van der Waals surface area contributed by atoms with Crippen LogP contribution in [0.5, 0.6) is 5.75 Å². The zero-order valence-corrected chi connectivity index (χ0v) is 18.9. The smallest absolute Gasteiger partial charge is 0.361 e. The summed E-state index contributed by atoms with van der Waals surface area (Å²) in [6.45, 7) is 3.93. The minimum absolute atomic E-state index is 0.0160. The molecule has 0 fully saturated rings. The highest BCUT2D eigenvalue weighted by Gasteiger charge is 2.29. The number of benzene rings is 3. The van der Waals surface area contributed by atoms with Crippen molar-refractivity contribution in [3.63, 3.8) is 0 Å². The second-order valence-corrected chi connectivity index (χ2v) is 7.40. The summed E-state index contributed by atoms with van der Waals surface area (Å²) in [4.78, 5) is 30.6. The molecule has 4 rings (SSSR count). The second kappa shape index (κ2) is 10.5. The van der Waals surface area contributed by atoms with E-state index in [4.69, 9.17) is 13.9 Å². The Kier molecular flexibility index (Phi) is 7.03. The van der Waals surface area contributed by atoms with Crippen LogP contribution >= 0.6 is 0 Å². The van der Waals surface area contributed by atoms with Crippen LogP contribution in [0.2, 0.25) is 0 Å². The number of para-hydroxylation sites is 2. The van der Waals surface area contributed by atoms with Gasteiger partial charge in [-0.25, -0.2) is 9.78 Å². The first kappa shape index (κ1) is 22.8. The lowest BCUT2D eigenvalue weighted by atomic mass is 10.1. The number of carbonyl (C=O) groups is 2. The number of amides is 1. The van der Waals surface area contributed by atoms with E-state index < -0.39 is 18.0 Å². The SMILES string of the molecule is CCOc1ccccc1NC(=O)C(OC(=O)c1nc(-c2ccccc2)oc1C)c1ccccc1. The third-order valence-corrected chi connectivity index (χ3v) is 5.02. The summed E-state index contributed by atoms with van der Waals surface area (Å²) in [7, 11) is 0. The van der Waals surface area contributed by atoms with Gasteiger partial charge in [0.2, 0.25) is 12.0 Å². The number of hydrogen-bond acceptors (Lipinski definition) is 6. The Morgan fingerprint density at radius 1 is 0.941 bits per heavy atom. The van der Waals surface area contributed by atoms with E-state index in [0.29, 0.717) is 35.3 Å². The zero-order valence-electron chi connectivity index (χ0n) is 18.9. The van der Waals surface area contributed by atoms with Crippen molar-refractivity contribution >= 4 is 17.6 Å². The largest absolute Gasteiger partial charge is 0.492 e. The van der Waals surface area contributed by atoms with Crippen LogP contribution in [0.25, 0.3) is 11.5 Å². The molecule has 0 bridgehead atoms. The van der Waals surface area contributed by atoms with Gasteiger partial charge in [-0.3, -0.25) is 4.79 Å². The molecule has 1 N–H and O–H groups in total. The van der Waals surface area contributed by atoms with Gasteiger partial charge in [0.05, 0.1) is 12.3 Å². The molecule has 7 nitrogen and oxygen atoms in total. The molecule has 1 unspecified atom stereocenters. The average Bonchev–Trinajstić information content (AvgIpc) is 3.26. The number of nitrogens with one attached hydrogen (secondary N) is 1. The van der Waals surface area contributed by atoms with Crippen LogP contribution in [0.4, 0.5) is 5.69 Å². The Hall–Kier alpha value is -4.39. The Labute approximate surface area is 197 Å². The molecule has 0 aliphatic heterocycles. The molecule has 0 radical (unpaired) electrons. The number of aryl methyl sites for hydroxylation is 1. The maximum absolute atomic E-state index is 13.3. The van der Waals surface area contributed by atoms with Crippen molar-refractivity contribution < 1.29 is 23.5 Å². The predicted molar refractivity (Wildman–Crippen MR) is 128 cm³/mol. The van der Waals surface area contributed by atoms with Gasteiger partial charge in [0.25, 0.3) is 5.91 Å². The second-order valence-electron chi connectivity index (χ2n) is 7.40. The molecule has 3 aromatic carbocycles. The van der Waals surface area contributed by atoms with Crippen LogP contribution < -0.4 is 10.1 Å². The lowest BCUT2D eigenvalue weighted by Gasteiger charge is -2.19. The molecule has 0 saturated carbocycles. The molecule has 4 aromatic rings. The molecule has 1 aromatic heterocycles. The van der Waals surface area contributed by atoms with Crippen molar-refractivity contribution in [3.8, 4) is 17.2 Å². The van der Waals surface area contributed by atoms with Gasteiger partial charge in [0, 0.05) is 11.1 Å². The molecule has 1 atom stereocenters. The molecule has 0 aliphatic rings. The summed E-state index contributed by atoms with van der Waals surface area (Å²) in [6, 6.07) is 25.1. The van der Waals surface area contributed by atoms with E-state index in [9.17, 15) is 9.59 Å². The van der Waals surface area contributed by atoms with Crippen LogP contribution in [0.3, 0.4) is 0 Å². The quantitative estimate of drug-likeness (QED) is 0.348. The van der Waals surface area contributed by atoms with Crippen molar-refractivity contribution in [2.45, 2.75) is 20.0 Å². The number of aromatic nitrogens is 1. The first-order chi connectivity index (χ1) is 16.6. The molecule has 0 spiro atoms. The number of oxazole rings is 1. The van der Waals surface area contributed by atoms with Gasteiger partial charge in [-0.2, -0.15) is 0 Å². The molecule has 0 aliphatic carbocycles. The van der Waals surface area contributed by atoms with Crippen molar-refractivity contribution in [2.75, 3.05) is 11.9 Å². The minimum atomic E-state index is -1.21. The van der Waals surface area contributed by atoms with Gasteiger partial charge in [0.15, 0.2) is 5.69 Å². The van der Waals surface area contributed by atoms with Crippen LogP contribution in [0.1, 0.15) is 34.8 Å². The van der Waals surface area contributed by atoms with E-state index in [1.54, 1.807) is 49.4 Å². The molecule has 34 heavy (non-hydrogen) atoms. The van der Waals surface area contributed by atoms with Gasteiger partial charge in [-0.15, -0.1) is 0 Å². The van der Waals surface area contributed by atoms with Crippen molar-refractivity contribution in [2.24, 2.45) is 0 Å². The van der Waals surface area contributed by atoms with Crippen LogP contribution in [0, 0.1) is 6.92 Å². The Morgan fingerprint density at radius 3 is 2.29 bits per heavy atom. The highest BCUT2D eigenvalue weighted by Crippen LogP contribution is 2.28. The summed E-state index contributed by atoms with van der Waals surface area (Å²) in [6.07, 6.45) is -1.21. The maximum atomic E-state index is 13.3. The zero-order chi connectivity index (χ0) is 23.9. The molecular formula is C27H24N2O5. The first-order valence-electron chi connectivity index (χ1n) is 10.9. The fraction of sp³-hybridized carbons (Fsp3) is 0.148. The van der Waals surface area contributed by atoms with Gasteiger partial charge >= 0.3 is 5.97 Å². The summed E-state index contributed by atoms with van der Waals surface area (Å²) in [5, 5.41) is 2.81. The number of anilines is 1. The third kappa shape index (κ3) is 5.15. The molecule has 172 valence electrons. The Balaban J connectivity index is 1.60. The number of rotatable bonds is 8. The van der Waals surface area contributed by atoms with Gasteiger partial charge in [-0.05, 0) is 38.1 Å². The van der Waals surface area contributed by atoms with E-state index in [1.807, 2.05) is 49.4 Å². The number of esters is 1. The van der Waals surface area contributed by atoms with Crippen LogP contribution in [-0.4, -0.2) is 23.5 Å². The molecular weight excluding hydrogens is 432 g/mol. The predicted octanol–water partition coefficient (Wildman–Crippen LogP) is 5.59. The van der Waals surface area contributed by atoms with E-state index in [-0.39, 0.29) is 5.69 Å². The van der Waals surface area contributed by atoms with E-state index in [2.05, 4.69) is 10.3 Å². The molecule has 1 amide bonds. The number of ether oxygens (including phenoxy) is 2. The molecule has 0 saturated heterocycles. The summed E-state index contributed by atoms with van der Waals surface area (Å²) < 4.78 is 16.9. The summed E-state index contributed by atoms with van der Waals surface area (Å²) >= 11 is 0. The van der Waals surface area contributed by atoms with Gasteiger partial charge in [-0.1, -0.05) is 60.7 Å². The van der Waals surface area contributed by atoms with E-state index >= 15 is 0 Å². The highest BCUT2D eigenvalue weighted by molar-refractivity contribution is 5.98. The van der Waals surface area contributed by atoms with E-state index in [1.165, 1.54) is 0 Å². The standard InChI is InChI=1S/C27H24N2O5/c1-3-32-22-17-11-10-16-21(22)28-25(30)24(19-12-6-4-7-13-19)34-27(31)23-18(2)33-26(29-23)20-14-8-5-9-15-20/h4-17,24H,3H2,1-2H3,(H,28,30). The van der Waals surface area contributed by atoms with E-state index in [0.717, 1.165) is 5.56 Å². The number of hydrogen-bond donors (Lipinski definition) is 1. The Bertz CT molecular complexity index is 1270. The first-order valence-corrected chi connectivity index (χ1v) is 10.9. The summed E-state index contributed by atoms with van der Waals surface area (Å²) in [5.74, 6) is -0.146. The van der Waals surface area contributed by atoms with Crippen LogP contribution in [-0.2, 0) is 9.53 Å². The summed E-state index contributed by atoms with van der Waals surface area (Å²) in [5.41, 5.74) is 1.75. The topological polar surface area (TPSA) is 90.7 Å². The monoisotopic (exact) mass is 456 g/mol.